The van der Waals surface area contributed by atoms with E-state index in [0.29, 0.717) is 18.5 Å². The van der Waals surface area contributed by atoms with Crippen LogP contribution in [0.4, 0.5) is 0 Å². The number of hydrogen-bond donors (Lipinski definition) is 1. The Morgan fingerprint density at radius 3 is 2.89 bits per heavy atom. The summed E-state index contributed by atoms with van der Waals surface area (Å²) in [5.41, 5.74) is 3.86. The highest BCUT2D eigenvalue weighted by Crippen LogP contribution is 2.40. The van der Waals surface area contributed by atoms with Crippen LogP contribution in [0.1, 0.15) is 43.2 Å². The molecule has 1 aromatic carbocycles. The van der Waals surface area contributed by atoms with E-state index in [-0.39, 0.29) is 0 Å². The van der Waals surface area contributed by atoms with E-state index >= 15 is 0 Å². The molecular formula is C15H19N3O. The van der Waals surface area contributed by atoms with Gasteiger partial charge in [0.1, 0.15) is 0 Å². The van der Waals surface area contributed by atoms with Crippen LogP contribution < -0.4 is 4.74 Å². The molecule has 1 heterocycles. The standard InChI is InChI=1S/C15H19N3O/c1-3-19-15-16-14(17-18-15)12-8-7-10(2)9-13(12)11-5-4-6-11/h7-9,11H,3-6H2,1-2H3,(H,16,17,18). The third-order valence-corrected chi connectivity index (χ3v) is 3.75. The Hall–Kier alpha value is -1.84. The van der Waals surface area contributed by atoms with Gasteiger partial charge in [-0.2, -0.15) is 4.98 Å². The summed E-state index contributed by atoms with van der Waals surface area (Å²) in [6.07, 6.45) is 3.89. The van der Waals surface area contributed by atoms with Crippen molar-refractivity contribution in [3.05, 3.63) is 29.3 Å². The molecule has 0 aliphatic heterocycles. The molecule has 1 fully saturated rings. The van der Waals surface area contributed by atoms with Gasteiger partial charge in [-0.3, -0.25) is 5.10 Å². The molecule has 0 saturated heterocycles. The molecule has 0 amide bonds. The first-order chi connectivity index (χ1) is 9.28. The van der Waals surface area contributed by atoms with Crippen molar-refractivity contribution in [2.45, 2.75) is 39.0 Å². The number of benzene rings is 1. The molecule has 100 valence electrons. The van der Waals surface area contributed by atoms with Gasteiger partial charge >= 0.3 is 6.01 Å². The summed E-state index contributed by atoms with van der Waals surface area (Å²) in [5, 5.41) is 7.07. The van der Waals surface area contributed by atoms with E-state index in [9.17, 15) is 0 Å². The zero-order valence-electron chi connectivity index (χ0n) is 11.4. The van der Waals surface area contributed by atoms with E-state index in [4.69, 9.17) is 4.74 Å². The average Bonchev–Trinajstić information content (AvgIpc) is 2.76. The molecule has 2 aromatic rings. The Labute approximate surface area is 113 Å². The Bertz CT molecular complexity index is 573. The lowest BCUT2D eigenvalue weighted by molar-refractivity contribution is 0.314. The van der Waals surface area contributed by atoms with Crippen LogP contribution in [0.5, 0.6) is 6.01 Å². The predicted octanol–water partition coefficient (Wildman–Crippen LogP) is 3.45. The summed E-state index contributed by atoms with van der Waals surface area (Å²) in [6.45, 7) is 4.65. The van der Waals surface area contributed by atoms with Crippen molar-refractivity contribution in [3.8, 4) is 17.4 Å². The van der Waals surface area contributed by atoms with E-state index in [2.05, 4.69) is 40.3 Å². The summed E-state index contributed by atoms with van der Waals surface area (Å²) in [5.74, 6) is 1.49. The molecule has 1 aliphatic rings. The Balaban J connectivity index is 1.98. The fourth-order valence-electron chi connectivity index (χ4n) is 2.52. The number of nitrogens with one attached hydrogen (secondary N) is 1. The maximum atomic E-state index is 5.32. The second-order valence-corrected chi connectivity index (χ2v) is 5.12. The van der Waals surface area contributed by atoms with Gasteiger partial charge < -0.3 is 4.74 Å². The predicted molar refractivity (Wildman–Crippen MR) is 74.3 cm³/mol. The molecular weight excluding hydrogens is 238 g/mol. The van der Waals surface area contributed by atoms with Crippen LogP contribution in [0, 0.1) is 6.92 Å². The van der Waals surface area contributed by atoms with Crippen LogP contribution in [0.15, 0.2) is 18.2 Å². The molecule has 1 aliphatic carbocycles. The summed E-state index contributed by atoms with van der Waals surface area (Å²) >= 11 is 0. The second kappa shape index (κ2) is 5.03. The first kappa shape index (κ1) is 12.2. The average molecular weight is 257 g/mol. The van der Waals surface area contributed by atoms with E-state index in [0.717, 1.165) is 11.4 Å². The van der Waals surface area contributed by atoms with E-state index in [1.807, 2.05) is 6.92 Å². The molecule has 0 unspecified atom stereocenters. The summed E-state index contributed by atoms with van der Waals surface area (Å²) in [7, 11) is 0. The lowest BCUT2D eigenvalue weighted by atomic mass is 9.77. The lowest BCUT2D eigenvalue weighted by Gasteiger charge is -2.27. The molecule has 0 radical (unpaired) electrons. The van der Waals surface area contributed by atoms with E-state index in [1.165, 1.54) is 30.4 Å². The minimum Gasteiger partial charge on any atom is -0.463 e. The van der Waals surface area contributed by atoms with Gasteiger partial charge in [-0.15, -0.1) is 5.10 Å². The number of aromatic nitrogens is 3. The van der Waals surface area contributed by atoms with Gasteiger partial charge in [-0.1, -0.05) is 30.2 Å². The van der Waals surface area contributed by atoms with Crippen molar-refractivity contribution < 1.29 is 4.74 Å². The second-order valence-electron chi connectivity index (χ2n) is 5.12. The van der Waals surface area contributed by atoms with Crippen LogP contribution in [-0.2, 0) is 0 Å². The minimum atomic E-state index is 0.428. The highest BCUT2D eigenvalue weighted by atomic mass is 16.5. The molecule has 0 bridgehead atoms. The quantitative estimate of drug-likeness (QED) is 0.912. The number of hydrogen-bond acceptors (Lipinski definition) is 3. The summed E-state index contributed by atoms with van der Waals surface area (Å²) in [6, 6.07) is 6.97. The topological polar surface area (TPSA) is 50.8 Å². The van der Waals surface area contributed by atoms with Crippen LogP contribution in [-0.4, -0.2) is 21.8 Å². The zero-order chi connectivity index (χ0) is 13.2. The normalized spacial score (nSPS) is 15.3. The smallest absolute Gasteiger partial charge is 0.335 e. The Kier molecular flexibility index (Phi) is 3.23. The van der Waals surface area contributed by atoms with E-state index < -0.39 is 0 Å². The molecule has 0 spiro atoms. The van der Waals surface area contributed by atoms with Gasteiger partial charge in [0.05, 0.1) is 6.61 Å². The fraction of sp³-hybridized carbons (Fsp3) is 0.467. The zero-order valence-corrected chi connectivity index (χ0v) is 11.4. The fourth-order valence-corrected chi connectivity index (χ4v) is 2.52. The monoisotopic (exact) mass is 257 g/mol. The molecule has 1 N–H and O–H groups in total. The number of aromatic amines is 1. The van der Waals surface area contributed by atoms with Crippen LogP contribution >= 0.6 is 0 Å². The van der Waals surface area contributed by atoms with Crippen molar-refractivity contribution in [2.24, 2.45) is 0 Å². The Morgan fingerprint density at radius 2 is 2.21 bits per heavy atom. The third kappa shape index (κ3) is 2.35. The van der Waals surface area contributed by atoms with Crippen molar-refractivity contribution in [1.82, 2.24) is 15.2 Å². The first-order valence-electron chi connectivity index (χ1n) is 6.94. The number of ether oxygens (including phenoxy) is 1. The molecule has 1 saturated carbocycles. The number of aryl methyl sites for hydroxylation is 1. The molecule has 0 atom stereocenters. The molecule has 3 rings (SSSR count). The van der Waals surface area contributed by atoms with Crippen molar-refractivity contribution in [2.75, 3.05) is 6.61 Å². The van der Waals surface area contributed by atoms with Gasteiger partial charge in [-0.05, 0) is 38.2 Å². The Morgan fingerprint density at radius 1 is 1.37 bits per heavy atom. The third-order valence-electron chi connectivity index (χ3n) is 3.75. The van der Waals surface area contributed by atoms with Gasteiger partial charge in [0.15, 0.2) is 5.82 Å². The van der Waals surface area contributed by atoms with Crippen molar-refractivity contribution in [1.29, 1.82) is 0 Å². The van der Waals surface area contributed by atoms with Crippen molar-refractivity contribution in [3.63, 3.8) is 0 Å². The SMILES string of the molecule is CCOc1n[nH]c(-c2ccc(C)cc2C2CCC2)n1. The first-order valence-corrected chi connectivity index (χ1v) is 6.94. The maximum Gasteiger partial charge on any atom is 0.335 e. The summed E-state index contributed by atoms with van der Waals surface area (Å²) < 4.78 is 5.32. The maximum absolute atomic E-state index is 5.32. The van der Waals surface area contributed by atoms with E-state index in [1.54, 1.807) is 0 Å². The van der Waals surface area contributed by atoms with Gasteiger partial charge in [0, 0.05) is 5.56 Å². The minimum absolute atomic E-state index is 0.428. The van der Waals surface area contributed by atoms with Gasteiger partial charge in [-0.25, -0.2) is 0 Å². The van der Waals surface area contributed by atoms with Crippen molar-refractivity contribution >= 4 is 0 Å². The number of nitrogens with zero attached hydrogens (tertiary/aromatic N) is 2. The molecule has 19 heavy (non-hydrogen) atoms. The molecule has 4 heteroatoms. The molecule has 1 aromatic heterocycles. The summed E-state index contributed by atoms with van der Waals surface area (Å²) in [4.78, 5) is 4.41. The van der Waals surface area contributed by atoms with Crippen LogP contribution in [0.3, 0.4) is 0 Å². The largest absolute Gasteiger partial charge is 0.463 e. The highest BCUT2D eigenvalue weighted by molar-refractivity contribution is 5.62. The number of rotatable bonds is 4. The van der Waals surface area contributed by atoms with Gasteiger partial charge in [0.2, 0.25) is 0 Å². The van der Waals surface area contributed by atoms with Crippen LogP contribution in [0.2, 0.25) is 0 Å². The van der Waals surface area contributed by atoms with Crippen LogP contribution in [0.25, 0.3) is 11.4 Å². The molecule has 4 nitrogen and oxygen atoms in total. The lowest BCUT2D eigenvalue weighted by Crippen LogP contribution is -2.10. The van der Waals surface area contributed by atoms with Gasteiger partial charge in [0.25, 0.3) is 0 Å². The number of H-pyrrole nitrogens is 1. The highest BCUT2D eigenvalue weighted by Gasteiger charge is 2.23.